The molecule has 0 radical (unpaired) electrons. The molecule has 2 amide bonds. The first-order chi connectivity index (χ1) is 19.4. The molecule has 0 saturated heterocycles. The molecular weight excluding hydrogens is 511 g/mol. The lowest BCUT2D eigenvalue weighted by molar-refractivity contribution is -0.142. The molecule has 0 aromatic heterocycles. The normalized spacial score (nSPS) is 21.3. The van der Waals surface area contributed by atoms with Crippen LogP contribution < -0.4 is 9.64 Å². The molecule has 2 saturated carbocycles. The Balaban J connectivity index is 1.34. The van der Waals surface area contributed by atoms with Crippen LogP contribution in [0.3, 0.4) is 0 Å². The van der Waals surface area contributed by atoms with Crippen molar-refractivity contribution in [3.05, 3.63) is 89.7 Å². The standard InChI is InChI=1S/C32H31FN2O5/c33-21-11-16-26-28(19-21)35(32(39)20-9-14-24(15-10-20)40-23-5-2-1-3-6-23)27-8-4-7-25(27)31(26)34(22-12-13-22)29(36)17-18-30(37)38/h1-3,5-6,9-11,14-16,19,22,25,27,31H,4,7-8,12-13,17-18H2,(H,37,38)/t25-,27+,31+/m0/s1. The zero-order chi connectivity index (χ0) is 27.8. The van der Waals surface area contributed by atoms with Gasteiger partial charge in [-0.2, -0.15) is 0 Å². The van der Waals surface area contributed by atoms with Crippen LogP contribution in [0.25, 0.3) is 0 Å². The van der Waals surface area contributed by atoms with Crippen LogP contribution in [0.1, 0.15) is 66.9 Å². The molecule has 8 heteroatoms. The van der Waals surface area contributed by atoms with Gasteiger partial charge in [-0.05, 0) is 79.8 Å². The summed E-state index contributed by atoms with van der Waals surface area (Å²) in [7, 11) is 0. The Hall–Kier alpha value is -4.20. The zero-order valence-electron chi connectivity index (χ0n) is 22.0. The summed E-state index contributed by atoms with van der Waals surface area (Å²) in [5, 5.41) is 9.18. The number of para-hydroxylation sites is 1. The summed E-state index contributed by atoms with van der Waals surface area (Å²) in [6.45, 7) is 0. The minimum absolute atomic E-state index is 0.0167. The van der Waals surface area contributed by atoms with E-state index in [0.29, 0.717) is 22.7 Å². The number of hydrogen-bond donors (Lipinski definition) is 1. The molecular formula is C32H31FN2O5. The fourth-order valence-corrected chi connectivity index (χ4v) is 6.37. The number of rotatable bonds is 8. The molecule has 3 aromatic carbocycles. The van der Waals surface area contributed by atoms with E-state index in [1.807, 2.05) is 35.2 Å². The Bertz CT molecular complexity index is 1420. The van der Waals surface area contributed by atoms with Crippen molar-refractivity contribution in [1.29, 1.82) is 0 Å². The summed E-state index contributed by atoms with van der Waals surface area (Å²) in [5.41, 5.74) is 1.70. The van der Waals surface area contributed by atoms with E-state index in [1.165, 1.54) is 12.1 Å². The van der Waals surface area contributed by atoms with Crippen LogP contribution in [0.2, 0.25) is 0 Å². The number of nitrogens with zero attached hydrogens (tertiary/aromatic N) is 2. The maximum atomic E-state index is 14.7. The quantitative estimate of drug-likeness (QED) is 0.359. The van der Waals surface area contributed by atoms with Crippen LogP contribution in [-0.2, 0) is 9.59 Å². The highest BCUT2D eigenvalue weighted by atomic mass is 19.1. The molecule has 2 aliphatic carbocycles. The van der Waals surface area contributed by atoms with Crippen LogP contribution in [0.15, 0.2) is 72.8 Å². The number of aliphatic carboxylic acids is 1. The van der Waals surface area contributed by atoms with E-state index in [9.17, 15) is 23.9 Å². The van der Waals surface area contributed by atoms with Gasteiger partial charge in [0.15, 0.2) is 0 Å². The van der Waals surface area contributed by atoms with Gasteiger partial charge >= 0.3 is 5.97 Å². The molecule has 3 aliphatic rings. The van der Waals surface area contributed by atoms with Crippen LogP contribution in [-0.4, -0.2) is 39.9 Å². The summed E-state index contributed by atoms with van der Waals surface area (Å²) in [6.07, 6.45) is 3.89. The number of carbonyl (C=O) groups is 3. The number of anilines is 1. The number of fused-ring (bicyclic) bond motifs is 2. The Labute approximate surface area is 232 Å². The van der Waals surface area contributed by atoms with Crippen LogP contribution in [0.5, 0.6) is 11.5 Å². The molecule has 1 N–H and O–H groups in total. The molecule has 6 rings (SSSR count). The van der Waals surface area contributed by atoms with Gasteiger partial charge in [-0.1, -0.05) is 30.7 Å². The van der Waals surface area contributed by atoms with Gasteiger partial charge < -0.3 is 19.6 Å². The predicted molar refractivity (Wildman–Crippen MR) is 147 cm³/mol. The molecule has 3 aromatic rings. The molecule has 206 valence electrons. The topological polar surface area (TPSA) is 87.2 Å². The zero-order valence-corrected chi connectivity index (χ0v) is 22.0. The minimum atomic E-state index is -1.01. The van der Waals surface area contributed by atoms with Crippen LogP contribution >= 0.6 is 0 Å². The van der Waals surface area contributed by atoms with Crippen LogP contribution in [0, 0.1) is 11.7 Å². The maximum absolute atomic E-state index is 14.7. The van der Waals surface area contributed by atoms with Gasteiger partial charge in [0.1, 0.15) is 17.3 Å². The monoisotopic (exact) mass is 542 g/mol. The number of amides is 2. The second kappa shape index (κ2) is 10.8. The van der Waals surface area contributed by atoms with Crippen molar-refractivity contribution >= 4 is 23.5 Å². The molecule has 7 nitrogen and oxygen atoms in total. The van der Waals surface area contributed by atoms with E-state index in [4.69, 9.17) is 4.74 Å². The fourth-order valence-electron chi connectivity index (χ4n) is 6.37. The smallest absolute Gasteiger partial charge is 0.303 e. The van der Waals surface area contributed by atoms with E-state index in [1.54, 1.807) is 35.2 Å². The third-order valence-electron chi connectivity index (χ3n) is 8.22. The minimum Gasteiger partial charge on any atom is -0.481 e. The third-order valence-corrected chi connectivity index (χ3v) is 8.22. The van der Waals surface area contributed by atoms with E-state index in [0.717, 1.165) is 37.7 Å². The van der Waals surface area contributed by atoms with E-state index >= 15 is 0 Å². The average Bonchev–Trinajstić information content (AvgIpc) is 3.67. The molecule has 1 aliphatic heterocycles. The van der Waals surface area contributed by atoms with Crippen molar-refractivity contribution in [3.63, 3.8) is 0 Å². The highest BCUT2D eigenvalue weighted by molar-refractivity contribution is 6.07. The number of carboxylic acid groups (broad SMARTS) is 1. The highest BCUT2D eigenvalue weighted by Gasteiger charge is 2.51. The lowest BCUT2D eigenvalue weighted by Crippen LogP contribution is -2.53. The first kappa shape index (κ1) is 26.0. The number of carbonyl (C=O) groups excluding carboxylic acids is 2. The van der Waals surface area contributed by atoms with Crippen molar-refractivity contribution in [1.82, 2.24) is 4.90 Å². The molecule has 0 spiro atoms. The number of carboxylic acids is 1. The predicted octanol–water partition coefficient (Wildman–Crippen LogP) is 6.34. The summed E-state index contributed by atoms with van der Waals surface area (Å²) in [5.74, 6) is -0.587. The Kier molecular flexibility index (Phi) is 7.00. The van der Waals surface area contributed by atoms with E-state index in [2.05, 4.69) is 0 Å². The lowest BCUT2D eigenvalue weighted by atomic mass is 9.81. The maximum Gasteiger partial charge on any atom is 0.303 e. The molecule has 0 unspecified atom stereocenters. The van der Waals surface area contributed by atoms with Gasteiger partial charge in [-0.3, -0.25) is 14.4 Å². The first-order valence-electron chi connectivity index (χ1n) is 13.9. The lowest BCUT2D eigenvalue weighted by Gasteiger charge is -2.48. The van der Waals surface area contributed by atoms with Crippen molar-refractivity contribution in [3.8, 4) is 11.5 Å². The Morgan fingerprint density at radius 2 is 1.62 bits per heavy atom. The molecule has 1 heterocycles. The van der Waals surface area contributed by atoms with Crippen molar-refractivity contribution < 1.29 is 28.6 Å². The summed E-state index contributed by atoms with van der Waals surface area (Å²) in [4.78, 5) is 42.2. The van der Waals surface area contributed by atoms with Gasteiger partial charge in [0.25, 0.3) is 5.91 Å². The summed E-state index contributed by atoms with van der Waals surface area (Å²) >= 11 is 0. The average molecular weight is 543 g/mol. The summed E-state index contributed by atoms with van der Waals surface area (Å²) < 4.78 is 20.6. The Morgan fingerprint density at radius 1 is 0.900 bits per heavy atom. The number of hydrogen-bond acceptors (Lipinski definition) is 4. The molecule has 40 heavy (non-hydrogen) atoms. The first-order valence-corrected chi connectivity index (χ1v) is 13.9. The Morgan fingerprint density at radius 3 is 2.33 bits per heavy atom. The van der Waals surface area contributed by atoms with Crippen molar-refractivity contribution in [2.45, 2.75) is 63.1 Å². The van der Waals surface area contributed by atoms with Crippen LogP contribution in [0.4, 0.5) is 10.1 Å². The number of halogens is 1. The number of benzene rings is 3. The van der Waals surface area contributed by atoms with E-state index < -0.39 is 11.8 Å². The largest absolute Gasteiger partial charge is 0.481 e. The molecule has 0 bridgehead atoms. The van der Waals surface area contributed by atoms with Gasteiger partial charge in [-0.25, -0.2) is 4.39 Å². The number of ether oxygens (including phenoxy) is 1. The highest BCUT2D eigenvalue weighted by Crippen LogP contribution is 2.53. The van der Waals surface area contributed by atoms with Crippen molar-refractivity contribution in [2.24, 2.45) is 5.92 Å². The summed E-state index contributed by atoms with van der Waals surface area (Å²) in [6, 6.07) is 20.3. The van der Waals surface area contributed by atoms with Gasteiger partial charge in [0, 0.05) is 30.0 Å². The molecule has 3 atom stereocenters. The molecule has 2 fully saturated rings. The SMILES string of the molecule is O=C(O)CCC(=O)N(C1CC1)[C@H]1c2ccc(F)cc2N(C(=O)c2ccc(Oc3ccccc3)cc2)[C@@H]2CCC[C@@H]21. The van der Waals surface area contributed by atoms with Gasteiger partial charge in [0.05, 0.1) is 18.2 Å². The fraction of sp³-hybridized carbons (Fsp3) is 0.344. The van der Waals surface area contributed by atoms with Crippen molar-refractivity contribution in [2.75, 3.05) is 4.90 Å². The van der Waals surface area contributed by atoms with Gasteiger partial charge in [0.2, 0.25) is 5.91 Å². The second-order valence-electron chi connectivity index (χ2n) is 10.9. The van der Waals surface area contributed by atoms with Gasteiger partial charge in [-0.15, -0.1) is 0 Å². The third kappa shape index (κ3) is 5.06. The second-order valence-corrected chi connectivity index (χ2v) is 10.9. The van der Waals surface area contributed by atoms with E-state index in [-0.39, 0.29) is 48.7 Å².